The average molecular weight is 351 g/mol. The number of nitrogens with zero attached hydrogens (tertiary/aromatic N) is 1. The van der Waals surface area contributed by atoms with Crippen molar-refractivity contribution in [1.82, 2.24) is 4.31 Å². The SMILES string of the molecule is O=S(=O)(Nc1ccc(Br)cc1F)N1CCCCCC1. The molecule has 0 aliphatic carbocycles. The van der Waals surface area contributed by atoms with Gasteiger partial charge in [-0.15, -0.1) is 0 Å². The minimum absolute atomic E-state index is 0.0209. The van der Waals surface area contributed by atoms with Crippen molar-refractivity contribution in [3.05, 3.63) is 28.5 Å². The number of rotatable bonds is 3. The molecule has 0 unspecified atom stereocenters. The second-order valence-corrected chi connectivity index (χ2v) is 7.13. The van der Waals surface area contributed by atoms with Gasteiger partial charge in [0.1, 0.15) is 5.82 Å². The highest BCUT2D eigenvalue weighted by Crippen LogP contribution is 2.22. The highest BCUT2D eigenvalue weighted by molar-refractivity contribution is 9.10. The van der Waals surface area contributed by atoms with Crippen LogP contribution in [0.15, 0.2) is 22.7 Å². The largest absolute Gasteiger partial charge is 0.301 e. The first-order valence-corrected chi connectivity index (χ1v) is 8.45. The maximum absolute atomic E-state index is 13.7. The van der Waals surface area contributed by atoms with Crippen molar-refractivity contribution >= 4 is 31.8 Å². The van der Waals surface area contributed by atoms with Gasteiger partial charge < -0.3 is 0 Å². The molecular weight excluding hydrogens is 335 g/mol. The summed E-state index contributed by atoms with van der Waals surface area (Å²) < 4.78 is 42.3. The van der Waals surface area contributed by atoms with Crippen LogP contribution in [0.3, 0.4) is 0 Å². The van der Waals surface area contributed by atoms with E-state index in [-0.39, 0.29) is 5.69 Å². The van der Waals surface area contributed by atoms with Gasteiger partial charge in [-0.25, -0.2) is 4.39 Å². The van der Waals surface area contributed by atoms with Gasteiger partial charge in [-0.3, -0.25) is 4.72 Å². The third-order valence-electron chi connectivity index (χ3n) is 3.08. The van der Waals surface area contributed by atoms with Gasteiger partial charge >= 0.3 is 10.2 Å². The number of anilines is 1. The van der Waals surface area contributed by atoms with Crippen molar-refractivity contribution in [2.45, 2.75) is 25.7 Å². The lowest BCUT2D eigenvalue weighted by molar-refractivity contribution is 0.427. The van der Waals surface area contributed by atoms with Crippen LogP contribution < -0.4 is 4.72 Å². The highest BCUT2D eigenvalue weighted by atomic mass is 79.9. The summed E-state index contributed by atoms with van der Waals surface area (Å²) in [6.45, 7) is 0.987. The van der Waals surface area contributed by atoms with Crippen LogP contribution >= 0.6 is 15.9 Å². The van der Waals surface area contributed by atoms with E-state index in [0.29, 0.717) is 17.6 Å². The first-order chi connectivity index (χ1) is 8.99. The van der Waals surface area contributed by atoms with E-state index in [2.05, 4.69) is 20.7 Å². The number of benzene rings is 1. The molecular formula is C12H16BrFN2O2S. The Balaban J connectivity index is 2.15. The van der Waals surface area contributed by atoms with E-state index in [9.17, 15) is 12.8 Å². The normalized spacial score (nSPS) is 18.0. The maximum atomic E-state index is 13.7. The molecule has 19 heavy (non-hydrogen) atoms. The van der Waals surface area contributed by atoms with Crippen LogP contribution in [0.1, 0.15) is 25.7 Å². The van der Waals surface area contributed by atoms with E-state index in [4.69, 9.17) is 0 Å². The number of nitrogens with one attached hydrogen (secondary N) is 1. The molecule has 0 aromatic heterocycles. The summed E-state index contributed by atoms with van der Waals surface area (Å²) in [5.74, 6) is -0.590. The molecule has 4 nitrogen and oxygen atoms in total. The molecule has 0 saturated carbocycles. The Morgan fingerprint density at radius 1 is 1.16 bits per heavy atom. The lowest BCUT2D eigenvalue weighted by Crippen LogP contribution is -2.36. The van der Waals surface area contributed by atoms with Crippen LogP contribution in [-0.4, -0.2) is 25.8 Å². The minimum Gasteiger partial charge on any atom is -0.268 e. The van der Waals surface area contributed by atoms with Crippen LogP contribution in [0.2, 0.25) is 0 Å². The standard InChI is InChI=1S/C12H16BrFN2O2S/c13-10-5-6-12(11(14)9-10)15-19(17,18)16-7-3-1-2-4-8-16/h5-6,9,15H,1-4,7-8H2. The Morgan fingerprint density at radius 2 is 1.79 bits per heavy atom. The van der Waals surface area contributed by atoms with Gasteiger partial charge in [0.2, 0.25) is 0 Å². The predicted molar refractivity (Wildman–Crippen MR) is 76.7 cm³/mol. The van der Waals surface area contributed by atoms with Crippen molar-refractivity contribution in [3.63, 3.8) is 0 Å². The summed E-state index contributed by atoms with van der Waals surface area (Å²) in [6, 6.07) is 4.25. The van der Waals surface area contributed by atoms with E-state index < -0.39 is 16.0 Å². The van der Waals surface area contributed by atoms with Crippen molar-refractivity contribution in [1.29, 1.82) is 0 Å². The molecule has 1 aliphatic rings. The summed E-state index contributed by atoms with van der Waals surface area (Å²) in [6.07, 6.45) is 3.78. The second-order valence-electron chi connectivity index (χ2n) is 4.54. The summed E-state index contributed by atoms with van der Waals surface area (Å²) in [5.41, 5.74) is -0.0209. The van der Waals surface area contributed by atoms with Crippen LogP contribution in [-0.2, 0) is 10.2 Å². The molecule has 1 saturated heterocycles. The van der Waals surface area contributed by atoms with Gasteiger partial charge in [0, 0.05) is 17.6 Å². The molecule has 0 radical (unpaired) electrons. The Morgan fingerprint density at radius 3 is 2.37 bits per heavy atom. The molecule has 106 valence electrons. The molecule has 1 fully saturated rings. The molecule has 1 aliphatic heterocycles. The van der Waals surface area contributed by atoms with Crippen LogP contribution in [0.25, 0.3) is 0 Å². The minimum atomic E-state index is -3.67. The van der Waals surface area contributed by atoms with Gasteiger partial charge in [-0.1, -0.05) is 28.8 Å². The van der Waals surface area contributed by atoms with Gasteiger partial charge in [0.15, 0.2) is 0 Å². The maximum Gasteiger partial charge on any atom is 0.301 e. The van der Waals surface area contributed by atoms with Crippen molar-refractivity contribution in [2.75, 3.05) is 17.8 Å². The molecule has 0 bridgehead atoms. The fraction of sp³-hybridized carbons (Fsp3) is 0.500. The molecule has 2 rings (SSSR count). The summed E-state index contributed by atoms with van der Waals surface area (Å²) >= 11 is 3.14. The first kappa shape index (κ1) is 14.7. The van der Waals surface area contributed by atoms with Crippen molar-refractivity contribution in [2.24, 2.45) is 0 Å². The summed E-state index contributed by atoms with van der Waals surface area (Å²) in [4.78, 5) is 0. The fourth-order valence-corrected chi connectivity index (χ4v) is 3.70. The summed E-state index contributed by atoms with van der Waals surface area (Å²) in [7, 11) is -3.67. The molecule has 1 N–H and O–H groups in total. The lowest BCUT2D eigenvalue weighted by atomic mass is 10.2. The molecule has 1 aromatic carbocycles. The predicted octanol–water partition coefficient (Wildman–Crippen LogP) is 3.12. The smallest absolute Gasteiger partial charge is 0.268 e. The second kappa shape index (κ2) is 6.19. The lowest BCUT2D eigenvalue weighted by Gasteiger charge is -2.21. The van der Waals surface area contributed by atoms with Crippen LogP contribution in [0, 0.1) is 5.82 Å². The van der Waals surface area contributed by atoms with Gasteiger partial charge in [0.05, 0.1) is 5.69 Å². The molecule has 0 spiro atoms. The monoisotopic (exact) mass is 350 g/mol. The van der Waals surface area contributed by atoms with E-state index >= 15 is 0 Å². The molecule has 1 heterocycles. The zero-order chi connectivity index (χ0) is 13.9. The average Bonchev–Trinajstić information content (AvgIpc) is 2.62. The van der Waals surface area contributed by atoms with Crippen LogP contribution in [0.4, 0.5) is 10.1 Å². The van der Waals surface area contributed by atoms with Gasteiger partial charge in [-0.2, -0.15) is 12.7 Å². The summed E-state index contributed by atoms with van der Waals surface area (Å²) in [5, 5.41) is 0. The van der Waals surface area contributed by atoms with Gasteiger partial charge in [-0.05, 0) is 31.0 Å². The quantitative estimate of drug-likeness (QED) is 0.910. The van der Waals surface area contributed by atoms with Gasteiger partial charge in [0.25, 0.3) is 0 Å². The molecule has 7 heteroatoms. The highest BCUT2D eigenvalue weighted by Gasteiger charge is 2.23. The Hall–Kier alpha value is -0.660. The topological polar surface area (TPSA) is 49.4 Å². The zero-order valence-electron chi connectivity index (χ0n) is 10.4. The number of halogens is 2. The first-order valence-electron chi connectivity index (χ1n) is 6.22. The van der Waals surface area contributed by atoms with Crippen LogP contribution in [0.5, 0.6) is 0 Å². The number of hydrogen-bond acceptors (Lipinski definition) is 2. The Bertz CT molecular complexity index is 543. The van der Waals surface area contributed by atoms with E-state index in [1.165, 1.54) is 16.4 Å². The third-order valence-corrected chi connectivity index (χ3v) is 5.09. The Labute approximate surface area is 121 Å². The van der Waals surface area contributed by atoms with E-state index in [1.807, 2.05) is 0 Å². The Kier molecular flexibility index (Phi) is 4.81. The van der Waals surface area contributed by atoms with E-state index in [1.54, 1.807) is 6.07 Å². The number of hydrogen-bond donors (Lipinski definition) is 1. The van der Waals surface area contributed by atoms with E-state index in [0.717, 1.165) is 25.7 Å². The molecule has 0 amide bonds. The van der Waals surface area contributed by atoms with Crippen molar-refractivity contribution in [3.8, 4) is 0 Å². The van der Waals surface area contributed by atoms with Crippen molar-refractivity contribution < 1.29 is 12.8 Å². The molecule has 1 aromatic rings. The third kappa shape index (κ3) is 3.90. The molecule has 0 atom stereocenters. The zero-order valence-corrected chi connectivity index (χ0v) is 12.8. The fourth-order valence-electron chi connectivity index (χ4n) is 2.06.